The lowest BCUT2D eigenvalue weighted by Crippen LogP contribution is -2.27. The van der Waals surface area contributed by atoms with E-state index in [1.54, 1.807) is 4.90 Å². The molecule has 2 aromatic rings. The van der Waals surface area contributed by atoms with Gasteiger partial charge in [0.05, 0.1) is 17.2 Å². The van der Waals surface area contributed by atoms with Crippen molar-refractivity contribution in [1.29, 1.82) is 0 Å². The fourth-order valence-corrected chi connectivity index (χ4v) is 3.83. The van der Waals surface area contributed by atoms with Crippen molar-refractivity contribution in [2.75, 3.05) is 11.5 Å². The van der Waals surface area contributed by atoms with Crippen molar-refractivity contribution in [1.82, 2.24) is 0 Å². The number of carbonyl (C=O) groups is 1. The minimum absolute atomic E-state index is 0.0767. The first-order valence-electron chi connectivity index (χ1n) is 8.07. The van der Waals surface area contributed by atoms with Crippen LogP contribution in [0.5, 0.6) is 5.75 Å². The zero-order valence-electron chi connectivity index (χ0n) is 14.4. The minimum Gasteiger partial charge on any atom is -0.494 e. The summed E-state index contributed by atoms with van der Waals surface area (Å²) in [5.41, 5.74) is 4.10. The summed E-state index contributed by atoms with van der Waals surface area (Å²) in [4.78, 5) is 15.0. The summed E-state index contributed by atoms with van der Waals surface area (Å²) in [5.74, 6) is 0.745. The molecule has 5 heteroatoms. The van der Waals surface area contributed by atoms with Gasteiger partial charge in [-0.1, -0.05) is 42.2 Å². The average Bonchev–Trinajstić information content (AvgIpc) is 2.86. The molecular weight excluding hydrogens is 350 g/mol. The monoisotopic (exact) mass is 369 g/mol. The third kappa shape index (κ3) is 3.78. The van der Waals surface area contributed by atoms with E-state index in [2.05, 4.69) is 6.92 Å². The highest BCUT2D eigenvalue weighted by molar-refractivity contribution is 8.27. The maximum Gasteiger partial charge on any atom is 0.270 e. The standard InChI is InChI=1S/C20H19NO2S2/c1-4-23-17-9-6-15(7-10-17)12-18-19(22)21(20(24)25-18)16-8-5-13(2)14(3)11-16/h5-12H,4H2,1-3H3/b18-12-. The average molecular weight is 370 g/mol. The quantitative estimate of drug-likeness (QED) is 0.553. The number of rotatable bonds is 4. The molecule has 25 heavy (non-hydrogen) atoms. The summed E-state index contributed by atoms with van der Waals surface area (Å²) in [5, 5.41) is 0. The number of hydrogen-bond donors (Lipinski definition) is 0. The van der Waals surface area contributed by atoms with Crippen LogP contribution in [0.4, 0.5) is 5.69 Å². The van der Waals surface area contributed by atoms with Crippen LogP contribution in [0.1, 0.15) is 23.6 Å². The van der Waals surface area contributed by atoms with E-state index < -0.39 is 0 Å². The molecule has 0 unspecified atom stereocenters. The Morgan fingerprint density at radius 3 is 2.48 bits per heavy atom. The number of carbonyl (C=O) groups excluding carboxylic acids is 1. The van der Waals surface area contributed by atoms with Crippen molar-refractivity contribution in [2.45, 2.75) is 20.8 Å². The highest BCUT2D eigenvalue weighted by Crippen LogP contribution is 2.36. The van der Waals surface area contributed by atoms with E-state index in [9.17, 15) is 4.79 Å². The molecular formula is C20H19NO2S2. The minimum atomic E-state index is -0.0767. The van der Waals surface area contributed by atoms with Gasteiger partial charge in [0, 0.05) is 0 Å². The number of anilines is 1. The lowest BCUT2D eigenvalue weighted by molar-refractivity contribution is -0.113. The Balaban J connectivity index is 1.86. The van der Waals surface area contributed by atoms with Gasteiger partial charge in [-0.25, -0.2) is 0 Å². The summed E-state index contributed by atoms with van der Waals surface area (Å²) >= 11 is 6.77. The van der Waals surface area contributed by atoms with Crippen molar-refractivity contribution in [3.8, 4) is 5.75 Å². The Labute approximate surface area is 157 Å². The molecule has 0 N–H and O–H groups in total. The maximum atomic E-state index is 12.8. The molecule has 1 aliphatic heterocycles. The number of nitrogens with zero attached hydrogens (tertiary/aromatic N) is 1. The fourth-order valence-electron chi connectivity index (χ4n) is 2.53. The van der Waals surface area contributed by atoms with Gasteiger partial charge in [-0.05, 0) is 67.8 Å². The number of thiocarbonyl (C=S) groups is 1. The molecule has 1 fully saturated rings. The predicted octanol–water partition coefficient (Wildman–Crippen LogP) is 5.11. The fraction of sp³-hybridized carbons (Fsp3) is 0.200. The van der Waals surface area contributed by atoms with Crippen LogP contribution >= 0.6 is 24.0 Å². The largest absolute Gasteiger partial charge is 0.494 e. The second-order valence-electron chi connectivity index (χ2n) is 5.79. The molecule has 0 aliphatic carbocycles. The van der Waals surface area contributed by atoms with E-state index in [1.165, 1.54) is 17.3 Å². The molecule has 1 aliphatic rings. The zero-order valence-corrected chi connectivity index (χ0v) is 16.0. The van der Waals surface area contributed by atoms with Gasteiger partial charge in [-0.3, -0.25) is 9.69 Å². The number of benzene rings is 2. The predicted molar refractivity (Wildman–Crippen MR) is 109 cm³/mol. The normalized spacial score (nSPS) is 16.0. The van der Waals surface area contributed by atoms with E-state index in [4.69, 9.17) is 17.0 Å². The summed E-state index contributed by atoms with van der Waals surface area (Å²) < 4.78 is 6.00. The summed E-state index contributed by atoms with van der Waals surface area (Å²) in [6.45, 7) is 6.67. The number of aryl methyl sites for hydroxylation is 2. The molecule has 2 aromatic carbocycles. The third-order valence-corrected chi connectivity index (χ3v) is 5.33. The van der Waals surface area contributed by atoms with Crippen LogP contribution in [0.2, 0.25) is 0 Å². The topological polar surface area (TPSA) is 29.5 Å². The number of amides is 1. The van der Waals surface area contributed by atoms with Gasteiger partial charge in [-0.2, -0.15) is 0 Å². The van der Waals surface area contributed by atoms with Crippen molar-refractivity contribution >= 4 is 46.0 Å². The molecule has 0 aromatic heterocycles. The van der Waals surface area contributed by atoms with Gasteiger partial charge in [0.15, 0.2) is 4.32 Å². The maximum absolute atomic E-state index is 12.8. The molecule has 0 bridgehead atoms. The van der Waals surface area contributed by atoms with Crippen molar-refractivity contribution < 1.29 is 9.53 Å². The molecule has 0 spiro atoms. The molecule has 1 heterocycles. The van der Waals surface area contributed by atoms with Crippen LogP contribution < -0.4 is 9.64 Å². The van der Waals surface area contributed by atoms with Crippen molar-refractivity contribution in [3.63, 3.8) is 0 Å². The zero-order chi connectivity index (χ0) is 18.0. The van der Waals surface area contributed by atoms with Crippen LogP contribution in [0.25, 0.3) is 6.08 Å². The molecule has 3 rings (SSSR count). The smallest absolute Gasteiger partial charge is 0.270 e. The Hall–Kier alpha value is -2.11. The Kier molecular flexibility index (Phi) is 5.25. The van der Waals surface area contributed by atoms with Crippen LogP contribution in [0.15, 0.2) is 47.4 Å². The number of ether oxygens (including phenoxy) is 1. The first-order chi connectivity index (χ1) is 12.0. The van der Waals surface area contributed by atoms with Gasteiger partial charge in [0.2, 0.25) is 0 Å². The highest BCUT2D eigenvalue weighted by atomic mass is 32.2. The first kappa shape index (κ1) is 17.7. The Morgan fingerprint density at radius 2 is 1.84 bits per heavy atom. The van der Waals surface area contributed by atoms with Crippen LogP contribution in [0.3, 0.4) is 0 Å². The first-order valence-corrected chi connectivity index (χ1v) is 9.30. The van der Waals surface area contributed by atoms with Crippen LogP contribution in [-0.2, 0) is 4.79 Å². The van der Waals surface area contributed by atoms with Crippen LogP contribution in [-0.4, -0.2) is 16.8 Å². The molecule has 0 saturated carbocycles. The van der Waals surface area contributed by atoms with Gasteiger partial charge < -0.3 is 4.74 Å². The molecule has 0 radical (unpaired) electrons. The second-order valence-corrected chi connectivity index (χ2v) is 7.46. The second kappa shape index (κ2) is 7.42. The highest BCUT2D eigenvalue weighted by Gasteiger charge is 2.33. The Bertz CT molecular complexity index is 856. The summed E-state index contributed by atoms with van der Waals surface area (Å²) in [7, 11) is 0. The lowest BCUT2D eigenvalue weighted by Gasteiger charge is -2.15. The summed E-state index contributed by atoms with van der Waals surface area (Å²) in [6, 6.07) is 13.6. The van der Waals surface area contributed by atoms with E-state index in [1.807, 2.05) is 62.4 Å². The van der Waals surface area contributed by atoms with Crippen LogP contribution in [0, 0.1) is 13.8 Å². The molecule has 0 atom stereocenters. The van der Waals surface area contributed by atoms with E-state index >= 15 is 0 Å². The molecule has 1 amide bonds. The Morgan fingerprint density at radius 1 is 1.12 bits per heavy atom. The van der Waals surface area contributed by atoms with Gasteiger partial charge in [-0.15, -0.1) is 0 Å². The van der Waals surface area contributed by atoms with Gasteiger partial charge >= 0.3 is 0 Å². The lowest BCUT2D eigenvalue weighted by atomic mass is 10.1. The van der Waals surface area contributed by atoms with E-state index in [0.29, 0.717) is 15.8 Å². The van der Waals surface area contributed by atoms with Crippen molar-refractivity contribution in [3.05, 3.63) is 64.1 Å². The van der Waals surface area contributed by atoms with Gasteiger partial charge in [0.1, 0.15) is 5.75 Å². The van der Waals surface area contributed by atoms with E-state index in [-0.39, 0.29) is 5.91 Å². The number of thioether (sulfide) groups is 1. The summed E-state index contributed by atoms with van der Waals surface area (Å²) in [6.07, 6.45) is 1.87. The SMILES string of the molecule is CCOc1ccc(/C=C2\SC(=S)N(c3ccc(C)c(C)c3)C2=O)cc1. The van der Waals surface area contributed by atoms with E-state index in [0.717, 1.165) is 22.6 Å². The molecule has 3 nitrogen and oxygen atoms in total. The molecule has 128 valence electrons. The number of hydrogen-bond acceptors (Lipinski definition) is 4. The third-order valence-electron chi connectivity index (χ3n) is 4.03. The molecule has 1 saturated heterocycles. The van der Waals surface area contributed by atoms with Crippen molar-refractivity contribution in [2.24, 2.45) is 0 Å². The van der Waals surface area contributed by atoms with Gasteiger partial charge in [0.25, 0.3) is 5.91 Å².